The lowest BCUT2D eigenvalue weighted by atomic mass is 9.95. The molecular formula is C28H34F4N8O. The second kappa shape index (κ2) is 12.6. The Morgan fingerprint density at radius 3 is 2.54 bits per heavy atom. The normalized spacial score (nSPS) is 17.3. The minimum absolute atomic E-state index is 0.0636. The number of urea groups is 1. The van der Waals surface area contributed by atoms with Crippen LogP contribution in [0.1, 0.15) is 35.6 Å². The molecule has 0 aliphatic carbocycles. The molecule has 2 amide bonds. The molecule has 2 aliphatic heterocycles. The van der Waals surface area contributed by atoms with Gasteiger partial charge in [0.25, 0.3) is 0 Å². The number of nitrogens with zero attached hydrogens (tertiary/aromatic N) is 2. The van der Waals surface area contributed by atoms with E-state index < -0.39 is 29.8 Å². The summed E-state index contributed by atoms with van der Waals surface area (Å²) in [7, 11) is 0. The van der Waals surface area contributed by atoms with Gasteiger partial charge in [0.05, 0.1) is 11.3 Å². The third-order valence-electron chi connectivity index (χ3n) is 6.77. The summed E-state index contributed by atoms with van der Waals surface area (Å²) in [5.41, 5.74) is 17.3. The smallest absolute Gasteiger partial charge is 0.370 e. The topological polar surface area (TPSA) is 147 Å². The highest BCUT2D eigenvalue weighted by Gasteiger charge is 2.38. The van der Waals surface area contributed by atoms with E-state index in [4.69, 9.17) is 17.2 Å². The highest BCUT2D eigenvalue weighted by molar-refractivity contribution is 5.96. The molecule has 13 heteroatoms. The van der Waals surface area contributed by atoms with Crippen LogP contribution in [0.3, 0.4) is 0 Å². The predicted octanol–water partition coefficient (Wildman–Crippen LogP) is 3.12. The van der Waals surface area contributed by atoms with Gasteiger partial charge in [-0.15, -0.1) is 0 Å². The van der Waals surface area contributed by atoms with Crippen LogP contribution in [0.2, 0.25) is 0 Å². The van der Waals surface area contributed by atoms with Gasteiger partial charge in [0.15, 0.2) is 5.96 Å². The highest BCUT2D eigenvalue weighted by atomic mass is 19.4. The highest BCUT2D eigenvalue weighted by Crippen LogP contribution is 2.37. The Hall–Kier alpha value is -4.10. The number of hydrogen-bond acceptors (Lipinski definition) is 5. The second-order valence-corrected chi connectivity index (χ2v) is 10.1. The predicted molar refractivity (Wildman–Crippen MR) is 151 cm³/mol. The van der Waals surface area contributed by atoms with Crippen molar-refractivity contribution in [1.29, 1.82) is 0 Å². The molecule has 2 aliphatic rings. The standard InChI is InChI=1S/C28H34F4N8O/c1-16(13-33)9-18-10-21(24(29)22(11-18)28(30,31)32)23-12-19-15-40(27(41)39-25(19)38-23)20-5-3-17(4-6-20)14-36-7-2-8-37-26(34)35/h3-6,10-12,15-16,25,36,38H,2,7-9,13-14,33H2,1H3,(H,39,41)(H4,34,35,37). The molecule has 2 aromatic rings. The van der Waals surface area contributed by atoms with E-state index in [0.29, 0.717) is 29.9 Å². The van der Waals surface area contributed by atoms with E-state index in [0.717, 1.165) is 24.6 Å². The maximum Gasteiger partial charge on any atom is 0.419 e. The summed E-state index contributed by atoms with van der Waals surface area (Å²) in [6, 6.07) is 9.14. The first-order chi connectivity index (χ1) is 19.5. The molecule has 220 valence electrons. The molecular weight excluding hydrogens is 540 g/mol. The molecule has 2 atom stereocenters. The molecule has 41 heavy (non-hydrogen) atoms. The first-order valence-electron chi connectivity index (χ1n) is 13.2. The second-order valence-electron chi connectivity index (χ2n) is 10.1. The van der Waals surface area contributed by atoms with Gasteiger partial charge in [-0.3, -0.25) is 9.89 Å². The van der Waals surface area contributed by atoms with Crippen LogP contribution in [0, 0.1) is 11.7 Å². The molecule has 9 N–H and O–H groups in total. The number of nitrogens with one attached hydrogen (secondary N) is 3. The maximum absolute atomic E-state index is 15.2. The van der Waals surface area contributed by atoms with Crippen LogP contribution in [0.4, 0.5) is 28.0 Å². The average Bonchev–Trinajstić information content (AvgIpc) is 3.33. The van der Waals surface area contributed by atoms with Crippen molar-refractivity contribution in [2.75, 3.05) is 24.5 Å². The summed E-state index contributed by atoms with van der Waals surface area (Å²) >= 11 is 0. The summed E-state index contributed by atoms with van der Waals surface area (Å²) < 4.78 is 56.2. The van der Waals surface area contributed by atoms with Crippen molar-refractivity contribution < 1.29 is 22.4 Å². The van der Waals surface area contributed by atoms with Gasteiger partial charge in [0, 0.05) is 36.1 Å². The Morgan fingerprint density at radius 1 is 1.15 bits per heavy atom. The molecule has 2 aromatic carbocycles. The number of halogens is 4. The van der Waals surface area contributed by atoms with Crippen LogP contribution < -0.4 is 38.1 Å². The lowest BCUT2D eigenvalue weighted by Crippen LogP contribution is -2.51. The largest absolute Gasteiger partial charge is 0.419 e. The molecule has 0 aromatic heterocycles. The van der Waals surface area contributed by atoms with Crippen LogP contribution in [-0.2, 0) is 19.1 Å². The van der Waals surface area contributed by atoms with Gasteiger partial charge < -0.3 is 33.2 Å². The number of carbonyl (C=O) groups excluding carboxylic acids is 1. The van der Waals surface area contributed by atoms with E-state index in [1.807, 2.05) is 19.1 Å². The zero-order valence-electron chi connectivity index (χ0n) is 22.6. The number of hydrogen-bond donors (Lipinski definition) is 6. The number of guanidine groups is 1. The molecule has 9 nitrogen and oxygen atoms in total. The number of anilines is 1. The van der Waals surface area contributed by atoms with Crippen molar-refractivity contribution in [2.45, 2.75) is 38.7 Å². The first-order valence-corrected chi connectivity index (χ1v) is 13.2. The monoisotopic (exact) mass is 574 g/mol. The van der Waals surface area contributed by atoms with Gasteiger partial charge in [0.2, 0.25) is 0 Å². The fraction of sp³-hybridized carbons (Fsp3) is 0.357. The van der Waals surface area contributed by atoms with Gasteiger partial charge in [-0.2, -0.15) is 13.2 Å². The Labute approximate surface area is 235 Å². The quantitative estimate of drug-likeness (QED) is 0.105. The van der Waals surface area contributed by atoms with Crippen LogP contribution in [0.5, 0.6) is 0 Å². The number of alkyl halides is 3. The van der Waals surface area contributed by atoms with E-state index >= 15 is 4.39 Å². The minimum atomic E-state index is -4.87. The van der Waals surface area contributed by atoms with Crippen molar-refractivity contribution in [3.05, 3.63) is 82.3 Å². The molecule has 0 bridgehead atoms. The van der Waals surface area contributed by atoms with Gasteiger partial charge in [-0.25, -0.2) is 9.18 Å². The molecule has 2 heterocycles. The van der Waals surface area contributed by atoms with Crippen LogP contribution in [-0.4, -0.2) is 37.8 Å². The number of aliphatic imine (C=N–C) groups is 1. The van der Waals surface area contributed by atoms with Crippen molar-refractivity contribution >= 4 is 23.4 Å². The molecule has 0 saturated heterocycles. The zero-order chi connectivity index (χ0) is 29.7. The fourth-order valence-electron chi connectivity index (χ4n) is 4.62. The van der Waals surface area contributed by atoms with E-state index in [1.54, 1.807) is 24.4 Å². The number of rotatable bonds is 11. The molecule has 0 saturated carbocycles. The molecule has 0 radical (unpaired) electrons. The summed E-state index contributed by atoms with van der Waals surface area (Å²) in [4.78, 5) is 18.2. The van der Waals surface area contributed by atoms with Crippen LogP contribution >= 0.6 is 0 Å². The van der Waals surface area contributed by atoms with E-state index in [9.17, 15) is 18.0 Å². The first kappa shape index (κ1) is 29.9. The lowest BCUT2D eigenvalue weighted by molar-refractivity contribution is -0.140. The lowest BCUT2D eigenvalue weighted by Gasteiger charge is -2.29. The Morgan fingerprint density at radius 2 is 1.88 bits per heavy atom. The van der Waals surface area contributed by atoms with Gasteiger partial charge >= 0.3 is 12.2 Å². The average molecular weight is 575 g/mol. The number of nitrogens with two attached hydrogens (primary N) is 3. The van der Waals surface area contributed by atoms with Crippen molar-refractivity contribution in [3.63, 3.8) is 0 Å². The summed E-state index contributed by atoms with van der Waals surface area (Å²) in [6.45, 7) is 3.97. The van der Waals surface area contributed by atoms with Gasteiger partial charge in [0.1, 0.15) is 12.0 Å². The Balaban J connectivity index is 1.52. The summed E-state index contributed by atoms with van der Waals surface area (Å²) in [6.07, 6.45) is -1.40. The van der Waals surface area contributed by atoms with E-state index in [2.05, 4.69) is 20.9 Å². The van der Waals surface area contributed by atoms with Crippen molar-refractivity contribution in [3.8, 4) is 0 Å². The molecule has 0 fully saturated rings. The van der Waals surface area contributed by atoms with Gasteiger partial charge in [-0.1, -0.05) is 19.1 Å². The molecule has 4 rings (SSSR count). The van der Waals surface area contributed by atoms with E-state index in [-0.39, 0.29) is 36.1 Å². The zero-order valence-corrected chi connectivity index (χ0v) is 22.6. The van der Waals surface area contributed by atoms with Crippen LogP contribution in [0.15, 0.2) is 59.2 Å². The van der Waals surface area contributed by atoms with Crippen molar-refractivity contribution in [2.24, 2.45) is 28.1 Å². The van der Waals surface area contributed by atoms with Crippen molar-refractivity contribution in [1.82, 2.24) is 16.0 Å². The third-order valence-corrected chi connectivity index (χ3v) is 6.77. The number of carbonyl (C=O) groups is 1. The number of fused-ring (bicyclic) bond motifs is 1. The minimum Gasteiger partial charge on any atom is -0.370 e. The maximum atomic E-state index is 15.2. The summed E-state index contributed by atoms with van der Waals surface area (Å²) in [5.74, 6) is -1.40. The summed E-state index contributed by atoms with van der Waals surface area (Å²) in [5, 5.41) is 9.02. The van der Waals surface area contributed by atoms with Gasteiger partial charge in [-0.05, 0) is 73.3 Å². The number of benzene rings is 2. The third kappa shape index (κ3) is 7.35. The Kier molecular flexibility index (Phi) is 9.18. The Bertz CT molecular complexity index is 1350. The van der Waals surface area contributed by atoms with E-state index in [1.165, 1.54) is 11.0 Å². The molecule has 0 spiro atoms. The van der Waals surface area contributed by atoms with Crippen LogP contribution in [0.25, 0.3) is 5.70 Å². The SMILES string of the molecule is CC(CN)Cc1cc(C2=CC3=CN(c4ccc(CNCCCN=C(N)N)cc4)C(=O)NC3N2)c(F)c(C(F)(F)F)c1. The number of amides is 2. The molecule has 2 unspecified atom stereocenters. The fourth-order valence-corrected chi connectivity index (χ4v) is 4.62.